The van der Waals surface area contributed by atoms with Gasteiger partial charge in [-0.2, -0.15) is 0 Å². The monoisotopic (exact) mass is 446 g/mol. The fraction of sp³-hybridized carbons (Fsp3) is 0.333. The molecule has 30 heavy (non-hydrogen) atoms. The highest BCUT2D eigenvalue weighted by atomic mass is 35.5. The van der Waals surface area contributed by atoms with Crippen molar-refractivity contribution in [2.75, 3.05) is 23.3 Å². The minimum atomic E-state index is -3.64. The molecule has 0 bridgehead atoms. The summed E-state index contributed by atoms with van der Waals surface area (Å²) in [4.78, 5) is 19.3. The molecule has 2 heterocycles. The summed E-state index contributed by atoms with van der Waals surface area (Å²) in [6.07, 6.45) is 3.54. The van der Waals surface area contributed by atoms with Gasteiger partial charge in [-0.05, 0) is 56.5 Å². The second kappa shape index (κ2) is 8.28. The van der Waals surface area contributed by atoms with E-state index in [4.69, 9.17) is 11.6 Å². The Morgan fingerprint density at radius 3 is 2.63 bits per heavy atom. The lowest BCUT2D eigenvalue weighted by molar-refractivity contribution is -0.117. The van der Waals surface area contributed by atoms with Crippen molar-refractivity contribution in [3.63, 3.8) is 0 Å². The van der Waals surface area contributed by atoms with Crippen molar-refractivity contribution in [1.82, 2.24) is 4.72 Å². The lowest BCUT2D eigenvalue weighted by Crippen LogP contribution is -2.30. The molecule has 1 saturated heterocycles. The molecular weight excluding hydrogens is 424 g/mol. The molecule has 0 unspecified atom stereocenters. The third-order valence-electron chi connectivity index (χ3n) is 5.28. The summed E-state index contributed by atoms with van der Waals surface area (Å²) in [7, 11) is -3.64. The maximum absolute atomic E-state index is 12.6. The number of hydrogen-bond acceptors (Lipinski definition) is 5. The highest BCUT2D eigenvalue weighted by Crippen LogP contribution is 2.31. The highest BCUT2D eigenvalue weighted by Gasteiger charge is 2.31. The van der Waals surface area contributed by atoms with Crippen LogP contribution >= 0.6 is 11.6 Å². The minimum Gasteiger partial charge on any atom is -0.370 e. The first-order valence-corrected chi connectivity index (χ1v) is 11.8. The Morgan fingerprint density at radius 1 is 1.17 bits per heavy atom. The number of amides is 1. The summed E-state index contributed by atoms with van der Waals surface area (Å²) < 4.78 is 26.8. The molecule has 2 aliphatic rings. The van der Waals surface area contributed by atoms with Crippen molar-refractivity contribution >= 4 is 44.7 Å². The smallest absolute Gasteiger partial charge is 0.263 e. The molecule has 2 aromatic carbocycles. The van der Waals surface area contributed by atoms with E-state index >= 15 is 0 Å². The first-order chi connectivity index (χ1) is 14.3. The van der Waals surface area contributed by atoms with Gasteiger partial charge in [-0.15, -0.1) is 0 Å². The Labute approximate surface area is 181 Å². The number of piperidine rings is 1. The van der Waals surface area contributed by atoms with Gasteiger partial charge in [0, 0.05) is 24.3 Å². The van der Waals surface area contributed by atoms with Gasteiger partial charge in [0.25, 0.3) is 10.0 Å². The number of aliphatic imine (C=N–C) groups is 1. The van der Waals surface area contributed by atoms with Crippen molar-refractivity contribution < 1.29 is 13.2 Å². The Bertz CT molecular complexity index is 1110. The molecule has 9 heteroatoms. The molecule has 4 rings (SSSR count). The van der Waals surface area contributed by atoms with E-state index < -0.39 is 16.1 Å². The van der Waals surface area contributed by atoms with Gasteiger partial charge in [-0.1, -0.05) is 23.7 Å². The van der Waals surface area contributed by atoms with Gasteiger partial charge in [0.2, 0.25) is 5.91 Å². The third-order valence-corrected chi connectivity index (χ3v) is 6.98. The Hall–Kier alpha value is -2.58. The zero-order valence-corrected chi connectivity index (χ0v) is 18.1. The first-order valence-electron chi connectivity index (χ1n) is 9.90. The van der Waals surface area contributed by atoms with Crippen LogP contribution in [0.2, 0.25) is 5.02 Å². The Balaban J connectivity index is 1.48. The molecule has 2 aliphatic heterocycles. The normalized spacial score (nSPS) is 19.8. The molecular formula is C21H23ClN4O3S. The van der Waals surface area contributed by atoms with Gasteiger partial charge in [0.15, 0.2) is 0 Å². The van der Waals surface area contributed by atoms with E-state index in [1.807, 2.05) is 12.1 Å². The van der Waals surface area contributed by atoms with Crippen molar-refractivity contribution in [3.05, 3.63) is 53.1 Å². The summed E-state index contributed by atoms with van der Waals surface area (Å²) in [5.41, 5.74) is 2.01. The quantitative estimate of drug-likeness (QED) is 0.753. The van der Waals surface area contributed by atoms with E-state index in [9.17, 15) is 13.2 Å². The number of amidine groups is 1. The summed E-state index contributed by atoms with van der Waals surface area (Å²) in [5.74, 6) is -0.181. The van der Waals surface area contributed by atoms with E-state index in [1.54, 1.807) is 31.2 Å². The van der Waals surface area contributed by atoms with Crippen LogP contribution in [-0.4, -0.2) is 39.3 Å². The van der Waals surface area contributed by atoms with Crippen LogP contribution in [0.4, 0.5) is 11.4 Å². The number of carbonyl (C=O) groups is 1. The van der Waals surface area contributed by atoms with E-state index in [0.717, 1.165) is 31.6 Å². The van der Waals surface area contributed by atoms with E-state index in [1.165, 1.54) is 12.5 Å². The number of rotatable bonds is 4. The standard InChI is InChI=1S/C21H23ClN4O3S/c1-14(23-20-16-7-3-4-8-19(16)30(28,29)25-20)21(27)24-15-9-10-18(17(22)13-15)26-11-5-2-6-12-26/h3-4,7-10,13-14H,2,5-6,11-12H2,1H3,(H,23,25)(H,24,27)/t14-/m0/s1. The van der Waals surface area contributed by atoms with Gasteiger partial charge in [-0.25, -0.2) is 8.42 Å². The van der Waals surface area contributed by atoms with Crippen molar-refractivity contribution in [2.45, 2.75) is 37.1 Å². The first kappa shape index (κ1) is 20.7. The number of fused-ring (bicyclic) bond motifs is 1. The topological polar surface area (TPSA) is 90.9 Å². The van der Waals surface area contributed by atoms with E-state index in [-0.39, 0.29) is 16.6 Å². The number of nitrogens with zero attached hydrogens (tertiary/aromatic N) is 2. The van der Waals surface area contributed by atoms with Crippen molar-refractivity contribution in [1.29, 1.82) is 0 Å². The van der Waals surface area contributed by atoms with Gasteiger partial charge in [0.1, 0.15) is 11.9 Å². The zero-order chi connectivity index (χ0) is 21.3. The fourth-order valence-corrected chi connectivity index (χ4v) is 5.24. The van der Waals surface area contributed by atoms with Gasteiger partial charge >= 0.3 is 0 Å². The van der Waals surface area contributed by atoms with Crippen LogP contribution in [0.15, 0.2) is 52.4 Å². The summed E-state index contributed by atoms with van der Waals surface area (Å²) in [6, 6.07) is 11.2. The number of anilines is 2. The van der Waals surface area contributed by atoms with Crippen LogP contribution in [0.5, 0.6) is 0 Å². The number of nitrogens with one attached hydrogen (secondary N) is 2. The molecule has 7 nitrogen and oxygen atoms in total. The maximum Gasteiger partial charge on any atom is 0.263 e. The van der Waals surface area contributed by atoms with Gasteiger partial charge < -0.3 is 10.2 Å². The number of sulfonamides is 1. The van der Waals surface area contributed by atoms with Crippen LogP contribution < -0.4 is 14.9 Å². The summed E-state index contributed by atoms with van der Waals surface area (Å²) in [5, 5.41) is 3.39. The third kappa shape index (κ3) is 4.15. The number of carbonyl (C=O) groups excluding carboxylic acids is 1. The van der Waals surface area contributed by atoms with E-state index in [0.29, 0.717) is 16.3 Å². The molecule has 0 spiro atoms. The molecule has 0 radical (unpaired) electrons. The average Bonchev–Trinajstić information content (AvgIpc) is 2.99. The lowest BCUT2D eigenvalue weighted by Gasteiger charge is -2.29. The molecule has 0 saturated carbocycles. The second-order valence-electron chi connectivity index (χ2n) is 7.46. The zero-order valence-electron chi connectivity index (χ0n) is 16.6. The largest absolute Gasteiger partial charge is 0.370 e. The fourth-order valence-electron chi connectivity index (χ4n) is 3.70. The summed E-state index contributed by atoms with van der Waals surface area (Å²) >= 11 is 6.45. The van der Waals surface area contributed by atoms with Crippen LogP contribution in [0.1, 0.15) is 31.7 Å². The van der Waals surface area contributed by atoms with E-state index in [2.05, 4.69) is 19.9 Å². The average molecular weight is 447 g/mol. The van der Waals surface area contributed by atoms with Crippen LogP contribution in [-0.2, 0) is 14.8 Å². The molecule has 1 fully saturated rings. The highest BCUT2D eigenvalue weighted by molar-refractivity contribution is 7.90. The summed E-state index contributed by atoms with van der Waals surface area (Å²) in [6.45, 7) is 3.58. The van der Waals surface area contributed by atoms with Crippen LogP contribution in [0.3, 0.4) is 0 Å². The molecule has 2 N–H and O–H groups in total. The van der Waals surface area contributed by atoms with Gasteiger partial charge in [-0.3, -0.25) is 14.5 Å². The Kier molecular flexibility index (Phi) is 5.71. The number of halogens is 1. The molecule has 0 aromatic heterocycles. The number of benzene rings is 2. The van der Waals surface area contributed by atoms with Crippen LogP contribution in [0.25, 0.3) is 0 Å². The maximum atomic E-state index is 12.6. The number of hydrogen-bond donors (Lipinski definition) is 2. The molecule has 2 aromatic rings. The predicted octanol–water partition coefficient (Wildman–Crippen LogP) is 3.40. The molecule has 1 atom stereocenters. The second-order valence-corrected chi connectivity index (χ2v) is 9.52. The lowest BCUT2D eigenvalue weighted by atomic mass is 10.1. The van der Waals surface area contributed by atoms with Gasteiger partial charge in [0.05, 0.1) is 15.6 Å². The van der Waals surface area contributed by atoms with Crippen molar-refractivity contribution in [3.8, 4) is 0 Å². The molecule has 1 amide bonds. The molecule has 0 aliphatic carbocycles. The Morgan fingerprint density at radius 2 is 1.90 bits per heavy atom. The molecule has 158 valence electrons. The predicted molar refractivity (Wildman–Crippen MR) is 119 cm³/mol. The van der Waals surface area contributed by atoms with Crippen molar-refractivity contribution in [2.24, 2.45) is 4.99 Å². The SMILES string of the molecule is C[C@H](N=C1NS(=O)(=O)c2ccccc21)C(=O)Nc1ccc(N2CCCCC2)c(Cl)c1. The minimum absolute atomic E-state index is 0.163. The van der Waals surface area contributed by atoms with Crippen LogP contribution in [0, 0.1) is 0 Å².